The van der Waals surface area contributed by atoms with Gasteiger partial charge in [-0.2, -0.15) is 4.98 Å². The summed E-state index contributed by atoms with van der Waals surface area (Å²) >= 11 is 12.0. The maximum Gasteiger partial charge on any atom is 0.381 e. The number of methoxy groups -OCH3 is 1. The minimum Gasteiger partial charge on any atom is -0.497 e. The zero-order chi connectivity index (χ0) is 30.0. The van der Waals surface area contributed by atoms with Gasteiger partial charge in [0.05, 0.1) is 18.7 Å². The Morgan fingerprint density at radius 1 is 1.16 bits per heavy atom. The van der Waals surface area contributed by atoms with Crippen LogP contribution in [0.3, 0.4) is 0 Å². The first-order valence-electron chi connectivity index (χ1n) is 13.7. The number of fused-ring (bicyclic) bond motifs is 1. The lowest BCUT2D eigenvalue weighted by Crippen LogP contribution is -2.44. The van der Waals surface area contributed by atoms with Crippen molar-refractivity contribution in [1.29, 1.82) is 0 Å². The van der Waals surface area contributed by atoms with E-state index in [1.54, 1.807) is 48.5 Å². The van der Waals surface area contributed by atoms with Gasteiger partial charge in [-0.1, -0.05) is 23.7 Å². The molecule has 4 heterocycles. The predicted molar refractivity (Wildman–Crippen MR) is 159 cm³/mol. The molecular weight excluding hydrogens is 621 g/mol. The first-order valence-corrected chi connectivity index (χ1v) is 16.6. The lowest BCUT2D eigenvalue weighted by atomic mass is 10.1. The number of rotatable bonds is 8. The fourth-order valence-electron chi connectivity index (χ4n) is 4.97. The van der Waals surface area contributed by atoms with Gasteiger partial charge < -0.3 is 28.8 Å². The molecule has 6 atom stereocenters. The molecule has 1 N–H and O–H groups in total. The zero-order valence-electron chi connectivity index (χ0n) is 23.0. The molecule has 0 radical (unpaired) electrons. The average Bonchev–Trinajstić information content (AvgIpc) is 3.35. The Labute approximate surface area is 257 Å². The molecule has 228 valence electrons. The Kier molecular flexibility index (Phi) is 9.13. The first kappa shape index (κ1) is 30.2. The number of carbonyl (C=O) groups is 1. The molecule has 6 rings (SSSR count). The van der Waals surface area contributed by atoms with Crippen LogP contribution in [0.2, 0.25) is 5.02 Å². The van der Waals surface area contributed by atoms with Crippen LogP contribution in [0.15, 0.2) is 65.6 Å². The largest absolute Gasteiger partial charge is 0.497 e. The molecule has 1 aromatic heterocycles. The van der Waals surface area contributed by atoms with E-state index in [0.717, 1.165) is 12.8 Å². The maximum atomic E-state index is 13.3. The summed E-state index contributed by atoms with van der Waals surface area (Å²) in [5.74, 6) is 0.599. The summed E-state index contributed by atoms with van der Waals surface area (Å²) in [7, 11) is 1.54. The van der Waals surface area contributed by atoms with Crippen LogP contribution in [0, 0.1) is 0 Å². The summed E-state index contributed by atoms with van der Waals surface area (Å²) in [4.78, 5) is 30.0. The molecular formula is C28H29ClN3O9PS. The van der Waals surface area contributed by atoms with Crippen LogP contribution in [0.5, 0.6) is 11.5 Å². The Balaban J connectivity index is 1.23. The molecule has 3 aromatic rings. The Morgan fingerprint density at radius 3 is 2.70 bits per heavy atom. The molecule has 0 bridgehead atoms. The number of hydrogen-bond acceptors (Lipinski definition) is 11. The number of anilines is 1. The summed E-state index contributed by atoms with van der Waals surface area (Å²) < 4.78 is 43.0. The van der Waals surface area contributed by atoms with Crippen molar-refractivity contribution < 1.29 is 37.3 Å². The van der Waals surface area contributed by atoms with Gasteiger partial charge in [-0.3, -0.25) is 18.4 Å². The number of carbonyl (C=O) groups excluding carboxylic acids is 1. The molecule has 0 aliphatic carbocycles. The topological polar surface area (TPSA) is 129 Å². The van der Waals surface area contributed by atoms with Crippen molar-refractivity contribution in [3.8, 4) is 11.5 Å². The Bertz CT molecular complexity index is 1570. The van der Waals surface area contributed by atoms with Gasteiger partial charge in [-0.15, -0.1) is 0 Å². The number of ether oxygens (including phenoxy) is 4. The number of para-hydroxylation sites is 1. The number of nitrogens with one attached hydrogen (secondary N) is 1. The lowest BCUT2D eigenvalue weighted by Gasteiger charge is -2.36. The second-order valence-electron chi connectivity index (χ2n) is 9.98. The molecule has 3 fully saturated rings. The van der Waals surface area contributed by atoms with Crippen LogP contribution < -0.4 is 20.3 Å². The molecule has 3 aliphatic heterocycles. The van der Waals surface area contributed by atoms with Crippen LogP contribution in [0.25, 0.3) is 0 Å². The molecule has 43 heavy (non-hydrogen) atoms. The monoisotopic (exact) mass is 649 g/mol. The van der Waals surface area contributed by atoms with Gasteiger partial charge in [0.1, 0.15) is 35.6 Å². The fraction of sp³-hybridized carbons (Fsp3) is 0.393. The van der Waals surface area contributed by atoms with Crippen molar-refractivity contribution in [2.24, 2.45) is 0 Å². The van der Waals surface area contributed by atoms with Crippen LogP contribution in [0.4, 0.5) is 5.82 Å². The first-order chi connectivity index (χ1) is 20.8. The van der Waals surface area contributed by atoms with Crippen LogP contribution in [-0.2, 0) is 35.1 Å². The summed E-state index contributed by atoms with van der Waals surface area (Å²) in [6, 6.07) is 14.9. The smallest absolute Gasteiger partial charge is 0.381 e. The van der Waals surface area contributed by atoms with Crippen molar-refractivity contribution >= 4 is 41.9 Å². The van der Waals surface area contributed by atoms with Crippen molar-refractivity contribution in [1.82, 2.24) is 9.55 Å². The summed E-state index contributed by atoms with van der Waals surface area (Å²) in [5.41, 5.74) is -0.287. The average molecular weight is 650 g/mol. The van der Waals surface area contributed by atoms with Gasteiger partial charge in [-0.05, 0) is 61.7 Å². The van der Waals surface area contributed by atoms with Crippen molar-refractivity contribution in [3.05, 3.63) is 81.9 Å². The standard InChI is InChI=1S/C28H29ClN3O9PS/c1-35-18-11-9-17(10-12-18)26(33)30-22-13-14-32(28(34)31-22)27-25(39-23-8-4-5-15-36-23)24-21(38-27)16-37-42(43,41-24)40-20-7-3-2-6-19(20)29/h2-3,6-7,9-14,21,23-25,27H,4-5,8,15-16H2,1H3,(H,30,31,33,34). The SMILES string of the molecule is COc1ccc(C(=O)Nc2ccn(C3OC4COP(=S)(Oc5ccccc5Cl)OC4C3OC3CCCCO3)c(=O)n2)cc1. The molecule has 2 aromatic carbocycles. The highest BCUT2D eigenvalue weighted by molar-refractivity contribution is 8.07. The number of amides is 1. The number of hydrogen-bond donors (Lipinski definition) is 1. The van der Waals surface area contributed by atoms with Crippen LogP contribution in [-0.4, -0.2) is 60.4 Å². The van der Waals surface area contributed by atoms with Gasteiger partial charge in [-0.25, -0.2) is 4.79 Å². The summed E-state index contributed by atoms with van der Waals surface area (Å²) in [6.45, 7) is -2.72. The molecule has 3 aliphatic rings. The highest BCUT2D eigenvalue weighted by Crippen LogP contribution is 2.58. The molecule has 6 unspecified atom stereocenters. The normalized spacial score (nSPS) is 28.6. The van der Waals surface area contributed by atoms with Crippen molar-refractivity contribution in [2.75, 3.05) is 25.6 Å². The third-order valence-corrected chi connectivity index (χ3v) is 9.62. The predicted octanol–water partition coefficient (Wildman–Crippen LogP) is 4.69. The second-order valence-corrected chi connectivity index (χ2v) is 13.3. The number of aromatic nitrogens is 2. The third-order valence-electron chi connectivity index (χ3n) is 7.12. The van der Waals surface area contributed by atoms with Crippen LogP contribution >= 0.6 is 18.3 Å². The maximum absolute atomic E-state index is 13.3. The third kappa shape index (κ3) is 6.79. The van der Waals surface area contributed by atoms with Crippen LogP contribution in [0.1, 0.15) is 35.8 Å². The molecule has 12 nitrogen and oxygen atoms in total. The molecule has 3 saturated heterocycles. The van der Waals surface area contributed by atoms with Gasteiger partial charge in [0, 0.05) is 30.2 Å². The minimum atomic E-state index is -3.32. The Hall–Kier alpha value is -2.87. The van der Waals surface area contributed by atoms with Gasteiger partial charge >= 0.3 is 12.4 Å². The van der Waals surface area contributed by atoms with E-state index in [1.165, 1.54) is 23.9 Å². The summed E-state index contributed by atoms with van der Waals surface area (Å²) in [5, 5.41) is 3.00. The van der Waals surface area contributed by atoms with Crippen molar-refractivity contribution in [2.45, 2.75) is 50.1 Å². The van der Waals surface area contributed by atoms with E-state index in [0.29, 0.717) is 35.1 Å². The highest BCUT2D eigenvalue weighted by atomic mass is 35.5. The van der Waals surface area contributed by atoms with Gasteiger partial charge in [0.25, 0.3) is 5.91 Å². The van der Waals surface area contributed by atoms with E-state index in [2.05, 4.69) is 10.3 Å². The summed E-state index contributed by atoms with van der Waals surface area (Å²) in [6.07, 6.45) is 0.375. The number of nitrogens with zero attached hydrogens (tertiary/aromatic N) is 2. The van der Waals surface area contributed by atoms with E-state index in [4.69, 9.17) is 55.9 Å². The number of halogens is 1. The van der Waals surface area contributed by atoms with E-state index in [-0.39, 0.29) is 12.4 Å². The highest BCUT2D eigenvalue weighted by Gasteiger charge is 2.54. The van der Waals surface area contributed by atoms with E-state index < -0.39 is 49.1 Å². The minimum absolute atomic E-state index is 0.0481. The molecule has 0 saturated carbocycles. The molecule has 15 heteroatoms. The second kappa shape index (κ2) is 13.0. The van der Waals surface area contributed by atoms with E-state index in [1.807, 2.05) is 0 Å². The van der Waals surface area contributed by atoms with E-state index in [9.17, 15) is 9.59 Å². The quantitative estimate of drug-likeness (QED) is 0.342. The molecule has 0 spiro atoms. The van der Waals surface area contributed by atoms with Gasteiger partial charge in [0.2, 0.25) is 0 Å². The lowest BCUT2D eigenvalue weighted by molar-refractivity contribution is -0.214. The zero-order valence-corrected chi connectivity index (χ0v) is 25.5. The molecule has 1 amide bonds. The fourth-order valence-corrected chi connectivity index (χ4v) is 7.36. The number of benzene rings is 2. The van der Waals surface area contributed by atoms with E-state index >= 15 is 0 Å². The Morgan fingerprint density at radius 2 is 1.98 bits per heavy atom. The van der Waals surface area contributed by atoms with Crippen molar-refractivity contribution in [3.63, 3.8) is 0 Å². The van der Waals surface area contributed by atoms with Gasteiger partial charge in [0.15, 0.2) is 12.5 Å².